The number of thiophene rings is 1. The Balaban J connectivity index is 1.78. The minimum absolute atomic E-state index is 0.227. The van der Waals surface area contributed by atoms with Gasteiger partial charge in [-0.2, -0.15) is 5.10 Å². The van der Waals surface area contributed by atoms with Gasteiger partial charge in [0.25, 0.3) is 0 Å². The molecule has 0 saturated carbocycles. The van der Waals surface area contributed by atoms with Crippen molar-refractivity contribution < 1.29 is 4.74 Å². The van der Waals surface area contributed by atoms with E-state index in [4.69, 9.17) is 17.0 Å². The number of H-pyrrole nitrogens is 1. The number of hydrogen-bond acceptors (Lipinski definition) is 4. The van der Waals surface area contributed by atoms with Crippen LogP contribution in [0.3, 0.4) is 0 Å². The zero-order valence-corrected chi connectivity index (χ0v) is 16.0. The minimum atomic E-state index is 0.227. The Bertz CT molecular complexity index is 930. The van der Waals surface area contributed by atoms with Crippen LogP contribution >= 0.6 is 23.6 Å². The molecule has 0 spiro atoms. The molecule has 1 atom stereocenters. The van der Waals surface area contributed by atoms with E-state index in [-0.39, 0.29) is 6.10 Å². The van der Waals surface area contributed by atoms with E-state index >= 15 is 0 Å². The van der Waals surface area contributed by atoms with Crippen molar-refractivity contribution in [2.45, 2.75) is 39.3 Å². The van der Waals surface area contributed by atoms with E-state index in [1.165, 1.54) is 21.6 Å². The Morgan fingerprint density at radius 3 is 2.84 bits per heavy atom. The zero-order valence-electron chi connectivity index (χ0n) is 14.4. The molecule has 3 aromatic rings. The van der Waals surface area contributed by atoms with Crippen LogP contribution in [-0.4, -0.2) is 27.5 Å². The smallest absolute Gasteiger partial charge is 0.195 e. The summed E-state index contributed by atoms with van der Waals surface area (Å²) < 4.78 is 8.54. The van der Waals surface area contributed by atoms with Crippen molar-refractivity contribution in [2.75, 3.05) is 6.61 Å². The highest BCUT2D eigenvalue weighted by molar-refractivity contribution is 7.71. The summed E-state index contributed by atoms with van der Waals surface area (Å²) in [5.41, 5.74) is 4.86. The number of hydrogen-bond donors (Lipinski definition) is 1. The number of aromatic nitrogens is 3. The van der Waals surface area contributed by atoms with Gasteiger partial charge in [-0.1, -0.05) is 29.8 Å². The lowest BCUT2D eigenvalue weighted by molar-refractivity contribution is 0.0970. The molecule has 1 aliphatic heterocycles. The van der Waals surface area contributed by atoms with E-state index in [2.05, 4.69) is 58.3 Å². The molecule has 1 fully saturated rings. The van der Waals surface area contributed by atoms with Gasteiger partial charge in [0.05, 0.1) is 12.6 Å². The van der Waals surface area contributed by atoms with Gasteiger partial charge >= 0.3 is 0 Å². The van der Waals surface area contributed by atoms with Crippen LogP contribution in [0.4, 0.5) is 0 Å². The Morgan fingerprint density at radius 2 is 2.12 bits per heavy atom. The molecule has 4 nitrogen and oxygen atoms in total. The van der Waals surface area contributed by atoms with Crippen LogP contribution in [0.5, 0.6) is 0 Å². The second-order valence-electron chi connectivity index (χ2n) is 6.54. The molecule has 130 valence electrons. The molecule has 0 amide bonds. The number of nitrogens with zero attached hydrogens (tertiary/aromatic N) is 2. The molecule has 25 heavy (non-hydrogen) atoms. The maximum absolute atomic E-state index is 5.80. The normalized spacial score (nSPS) is 17.3. The van der Waals surface area contributed by atoms with Crippen molar-refractivity contribution in [3.63, 3.8) is 0 Å². The van der Waals surface area contributed by atoms with Crippen LogP contribution in [0.1, 0.15) is 23.3 Å². The van der Waals surface area contributed by atoms with E-state index in [0.29, 0.717) is 4.77 Å². The minimum Gasteiger partial charge on any atom is -0.376 e. The van der Waals surface area contributed by atoms with Gasteiger partial charge < -0.3 is 4.74 Å². The molecule has 0 bridgehead atoms. The number of nitrogens with one attached hydrogen (secondary N) is 1. The fourth-order valence-corrected chi connectivity index (χ4v) is 4.45. The summed E-state index contributed by atoms with van der Waals surface area (Å²) in [6.07, 6.45) is 2.43. The lowest BCUT2D eigenvalue weighted by Gasteiger charge is -2.13. The van der Waals surface area contributed by atoms with Crippen LogP contribution < -0.4 is 0 Å². The molecule has 1 N–H and O–H groups in total. The van der Waals surface area contributed by atoms with Crippen LogP contribution in [0.2, 0.25) is 0 Å². The standard InChI is InChI=1S/C19H21N3OS2/c1-12-5-7-14(8-6-12)17-13(2)25-11-16(17)18-20-21-19(24)22(18)10-15-4-3-9-23-15/h5-8,11,15H,3-4,9-10H2,1-2H3,(H,21,24)/t15-/m1/s1. The summed E-state index contributed by atoms with van der Waals surface area (Å²) in [7, 11) is 0. The van der Waals surface area contributed by atoms with Gasteiger partial charge in [0.15, 0.2) is 10.6 Å². The third kappa shape index (κ3) is 3.21. The van der Waals surface area contributed by atoms with Gasteiger partial charge in [-0.05, 0) is 44.5 Å². The molecule has 4 rings (SSSR count). The lowest BCUT2D eigenvalue weighted by Crippen LogP contribution is -2.16. The average Bonchev–Trinajstić information content (AvgIpc) is 3.32. The monoisotopic (exact) mass is 371 g/mol. The molecule has 2 aromatic heterocycles. The van der Waals surface area contributed by atoms with Crippen molar-refractivity contribution in [1.82, 2.24) is 14.8 Å². The van der Waals surface area contributed by atoms with Crippen LogP contribution in [0.25, 0.3) is 22.5 Å². The third-order valence-corrected chi connectivity index (χ3v) is 5.95. The summed E-state index contributed by atoms with van der Waals surface area (Å²) in [5.74, 6) is 0.903. The molecular formula is C19H21N3OS2. The van der Waals surface area contributed by atoms with E-state index in [9.17, 15) is 0 Å². The Hall–Kier alpha value is -1.76. The van der Waals surface area contributed by atoms with Crippen LogP contribution in [0.15, 0.2) is 29.6 Å². The Labute approximate surface area is 156 Å². The third-order valence-electron chi connectivity index (χ3n) is 4.72. The van der Waals surface area contributed by atoms with Crippen molar-refractivity contribution in [1.29, 1.82) is 0 Å². The predicted molar refractivity (Wildman–Crippen MR) is 105 cm³/mol. The molecule has 3 heterocycles. The predicted octanol–water partition coefficient (Wildman–Crippen LogP) is 5.13. The number of aromatic amines is 1. The average molecular weight is 372 g/mol. The molecule has 0 aliphatic carbocycles. The molecule has 1 aliphatic rings. The largest absolute Gasteiger partial charge is 0.376 e. The zero-order chi connectivity index (χ0) is 17.4. The highest BCUT2D eigenvalue weighted by atomic mass is 32.1. The quantitative estimate of drug-likeness (QED) is 0.646. The highest BCUT2D eigenvalue weighted by Crippen LogP contribution is 2.38. The van der Waals surface area contributed by atoms with Gasteiger partial charge in [0.1, 0.15) is 0 Å². The SMILES string of the molecule is Cc1ccc(-c2c(-c3n[nH]c(=S)n3C[C@H]3CCCO3)csc2C)cc1. The highest BCUT2D eigenvalue weighted by Gasteiger charge is 2.22. The second-order valence-corrected chi connectivity index (χ2v) is 8.02. The summed E-state index contributed by atoms with van der Waals surface area (Å²) in [5, 5.41) is 9.70. The lowest BCUT2D eigenvalue weighted by atomic mass is 10.0. The summed E-state index contributed by atoms with van der Waals surface area (Å²) >= 11 is 7.24. The van der Waals surface area contributed by atoms with Crippen molar-refractivity contribution in [3.8, 4) is 22.5 Å². The first-order valence-corrected chi connectivity index (χ1v) is 9.84. The maximum atomic E-state index is 5.80. The fourth-order valence-electron chi connectivity index (χ4n) is 3.38. The van der Waals surface area contributed by atoms with Crippen LogP contribution in [-0.2, 0) is 11.3 Å². The molecular weight excluding hydrogens is 350 g/mol. The van der Waals surface area contributed by atoms with Crippen LogP contribution in [0, 0.1) is 18.6 Å². The fraction of sp³-hybridized carbons (Fsp3) is 0.368. The maximum Gasteiger partial charge on any atom is 0.195 e. The van der Waals surface area contributed by atoms with E-state index in [1.54, 1.807) is 11.3 Å². The number of ether oxygens (including phenoxy) is 1. The molecule has 0 unspecified atom stereocenters. The van der Waals surface area contributed by atoms with Crippen molar-refractivity contribution in [2.24, 2.45) is 0 Å². The number of rotatable bonds is 4. The Kier molecular flexibility index (Phi) is 4.58. The molecule has 6 heteroatoms. The second kappa shape index (κ2) is 6.86. The van der Waals surface area contributed by atoms with Gasteiger partial charge in [-0.3, -0.25) is 9.67 Å². The topological polar surface area (TPSA) is 42.8 Å². The van der Waals surface area contributed by atoms with Gasteiger partial charge in [-0.15, -0.1) is 11.3 Å². The first-order chi connectivity index (χ1) is 12.1. The first kappa shape index (κ1) is 16.7. The number of benzene rings is 1. The number of aryl methyl sites for hydroxylation is 2. The summed E-state index contributed by atoms with van der Waals surface area (Å²) in [6.45, 7) is 5.87. The van der Waals surface area contributed by atoms with Gasteiger partial charge in [0.2, 0.25) is 0 Å². The van der Waals surface area contributed by atoms with Crippen molar-refractivity contribution in [3.05, 3.63) is 44.9 Å². The Morgan fingerprint density at radius 1 is 1.32 bits per heavy atom. The van der Waals surface area contributed by atoms with E-state index in [1.807, 2.05) is 0 Å². The molecule has 1 saturated heterocycles. The van der Waals surface area contributed by atoms with E-state index < -0.39 is 0 Å². The van der Waals surface area contributed by atoms with Crippen molar-refractivity contribution >= 4 is 23.6 Å². The molecule has 1 aromatic carbocycles. The summed E-state index contributed by atoms with van der Waals surface area (Å²) in [4.78, 5) is 1.29. The molecule has 0 radical (unpaired) electrons. The van der Waals surface area contributed by atoms with E-state index in [0.717, 1.165) is 37.4 Å². The summed E-state index contributed by atoms with van der Waals surface area (Å²) in [6, 6.07) is 8.67. The van der Waals surface area contributed by atoms with Gasteiger partial charge in [0, 0.05) is 28.0 Å². The first-order valence-electron chi connectivity index (χ1n) is 8.56. The van der Waals surface area contributed by atoms with Gasteiger partial charge in [-0.25, -0.2) is 0 Å².